The Balaban J connectivity index is 1.69. The summed E-state index contributed by atoms with van der Waals surface area (Å²) in [6.07, 6.45) is 1.09. The molecule has 0 fully saturated rings. The molecule has 3 aromatic rings. The first kappa shape index (κ1) is 19.8. The number of rotatable bonds is 9. The van der Waals surface area contributed by atoms with Crippen molar-refractivity contribution >= 4 is 0 Å². The molecule has 7 heteroatoms. The molecule has 0 aliphatic rings. The van der Waals surface area contributed by atoms with Gasteiger partial charge in [0.15, 0.2) is 23.9 Å². The summed E-state index contributed by atoms with van der Waals surface area (Å²) in [4.78, 5) is 0. The molecule has 0 spiro atoms. The van der Waals surface area contributed by atoms with E-state index in [-0.39, 0.29) is 6.61 Å². The largest absolute Gasteiger partial charge is 0.493 e. The van der Waals surface area contributed by atoms with Gasteiger partial charge in [-0.1, -0.05) is 30.7 Å². The molecule has 0 unspecified atom stereocenters. The monoisotopic (exact) mass is 381 g/mol. The lowest BCUT2D eigenvalue weighted by Gasteiger charge is -2.14. The number of ether oxygens (including phenoxy) is 2. The Morgan fingerprint density at radius 3 is 2.61 bits per heavy atom. The first-order valence-corrected chi connectivity index (χ1v) is 9.48. The van der Waals surface area contributed by atoms with Crippen LogP contribution in [0.4, 0.5) is 0 Å². The van der Waals surface area contributed by atoms with Crippen molar-refractivity contribution in [2.45, 2.75) is 46.4 Å². The van der Waals surface area contributed by atoms with Gasteiger partial charge in [-0.25, -0.2) is 0 Å². The van der Waals surface area contributed by atoms with Gasteiger partial charge in [0.1, 0.15) is 0 Å². The summed E-state index contributed by atoms with van der Waals surface area (Å²) in [7, 11) is 1.64. The summed E-state index contributed by atoms with van der Waals surface area (Å²) in [5.41, 5.74) is 3.23. The van der Waals surface area contributed by atoms with E-state index in [4.69, 9.17) is 9.47 Å². The second-order valence-corrected chi connectivity index (χ2v) is 6.81. The van der Waals surface area contributed by atoms with Crippen LogP contribution >= 0.6 is 0 Å². The van der Waals surface area contributed by atoms with Crippen LogP contribution in [0.1, 0.15) is 37.2 Å². The predicted octanol–water partition coefficient (Wildman–Crippen LogP) is 3.45. The number of aryl methyl sites for hydroxylation is 1. The predicted molar refractivity (Wildman–Crippen MR) is 108 cm³/mol. The average Bonchev–Trinajstić information content (AvgIpc) is 3.19. The van der Waals surface area contributed by atoms with E-state index >= 15 is 0 Å². The molecule has 28 heavy (non-hydrogen) atoms. The van der Waals surface area contributed by atoms with Crippen LogP contribution < -0.4 is 14.8 Å². The number of nitrogens with zero attached hydrogens (tertiary/aromatic N) is 4. The molecule has 0 aliphatic carbocycles. The van der Waals surface area contributed by atoms with Crippen LogP contribution in [0.2, 0.25) is 0 Å². The highest BCUT2D eigenvalue weighted by Gasteiger charge is 2.12. The topological polar surface area (TPSA) is 74.1 Å². The second kappa shape index (κ2) is 9.32. The van der Waals surface area contributed by atoms with Crippen LogP contribution in [0.3, 0.4) is 0 Å². The number of hydrogen-bond donors (Lipinski definition) is 1. The molecule has 0 bridgehead atoms. The molecule has 2 aromatic carbocycles. The van der Waals surface area contributed by atoms with E-state index < -0.39 is 0 Å². The van der Waals surface area contributed by atoms with Crippen molar-refractivity contribution in [3.8, 4) is 17.2 Å². The van der Waals surface area contributed by atoms with Gasteiger partial charge in [0.05, 0.1) is 12.8 Å². The molecular formula is C21H27N5O2. The lowest BCUT2D eigenvalue weighted by Crippen LogP contribution is -2.24. The maximum Gasteiger partial charge on any atom is 0.194 e. The highest BCUT2D eigenvalue weighted by molar-refractivity contribution is 5.43. The Kier molecular flexibility index (Phi) is 6.60. The molecule has 1 heterocycles. The van der Waals surface area contributed by atoms with Gasteiger partial charge in [-0.2, -0.15) is 4.68 Å². The number of benzene rings is 2. The zero-order valence-corrected chi connectivity index (χ0v) is 16.8. The van der Waals surface area contributed by atoms with Gasteiger partial charge >= 0.3 is 0 Å². The molecule has 0 aliphatic heterocycles. The van der Waals surface area contributed by atoms with Crippen molar-refractivity contribution in [1.82, 2.24) is 25.5 Å². The van der Waals surface area contributed by atoms with Crippen molar-refractivity contribution in [2.24, 2.45) is 0 Å². The van der Waals surface area contributed by atoms with E-state index in [1.165, 1.54) is 5.56 Å². The van der Waals surface area contributed by atoms with Crippen molar-refractivity contribution in [1.29, 1.82) is 0 Å². The Labute approximate surface area is 165 Å². The summed E-state index contributed by atoms with van der Waals surface area (Å²) < 4.78 is 13.1. The second-order valence-electron chi connectivity index (χ2n) is 6.81. The van der Waals surface area contributed by atoms with E-state index in [1.54, 1.807) is 11.8 Å². The maximum atomic E-state index is 5.95. The minimum atomic E-state index is 0.238. The summed E-state index contributed by atoms with van der Waals surface area (Å²) in [5, 5.41) is 15.4. The first-order valence-electron chi connectivity index (χ1n) is 9.48. The van der Waals surface area contributed by atoms with E-state index in [0.717, 1.165) is 24.2 Å². The standard InChI is InChI=1S/C21H27N5O2/c1-5-16(3)22-13-17-8-11-19(20(12-17)27-4)28-14-21-23-24-25-26(21)18-9-6-15(2)7-10-18/h6-12,16,22H,5,13-14H2,1-4H3/t16-/m1/s1. The molecule has 0 amide bonds. The third-order valence-electron chi connectivity index (χ3n) is 4.66. The highest BCUT2D eigenvalue weighted by atomic mass is 16.5. The fourth-order valence-corrected chi connectivity index (χ4v) is 2.70. The SMILES string of the molecule is CC[C@@H](C)NCc1ccc(OCc2nnnn2-c2ccc(C)cc2)c(OC)c1. The molecule has 148 valence electrons. The molecule has 0 saturated heterocycles. The van der Waals surface area contributed by atoms with Gasteiger partial charge in [-0.3, -0.25) is 0 Å². The van der Waals surface area contributed by atoms with Crippen LogP contribution in [-0.4, -0.2) is 33.4 Å². The highest BCUT2D eigenvalue weighted by Crippen LogP contribution is 2.29. The van der Waals surface area contributed by atoms with E-state index in [1.807, 2.05) is 49.4 Å². The first-order chi connectivity index (χ1) is 13.6. The van der Waals surface area contributed by atoms with Gasteiger partial charge in [-0.05, 0) is 60.5 Å². The Bertz CT molecular complexity index is 892. The average molecular weight is 381 g/mol. The number of hydrogen-bond acceptors (Lipinski definition) is 6. The van der Waals surface area contributed by atoms with Crippen LogP contribution in [0, 0.1) is 6.92 Å². The maximum absolute atomic E-state index is 5.95. The lowest BCUT2D eigenvalue weighted by molar-refractivity contribution is 0.273. The zero-order chi connectivity index (χ0) is 19.9. The molecule has 1 N–H and O–H groups in total. The summed E-state index contributed by atoms with van der Waals surface area (Å²) in [6.45, 7) is 7.41. The lowest BCUT2D eigenvalue weighted by atomic mass is 10.1. The zero-order valence-electron chi connectivity index (χ0n) is 16.8. The van der Waals surface area contributed by atoms with Crippen LogP contribution in [-0.2, 0) is 13.2 Å². The van der Waals surface area contributed by atoms with Crippen LogP contribution in [0.25, 0.3) is 5.69 Å². The van der Waals surface area contributed by atoms with Gasteiger partial charge in [0.25, 0.3) is 0 Å². The van der Waals surface area contributed by atoms with Crippen LogP contribution in [0.5, 0.6) is 11.5 Å². The number of nitrogens with one attached hydrogen (secondary N) is 1. The fourth-order valence-electron chi connectivity index (χ4n) is 2.70. The molecular weight excluding hydrogens is 354 g/mol. The van der Waals surface area contributed by atoms with Crippen molar-refractivity contribution < 1.29 is 9.47 Å². The number of tetrazole rings is 1. The number of aromatic nitrogens is 4. The van der Waals surface area contributed by atoms with Crippen LogP contribution in [0.15, 0.2) is 42.5 Å². The third-order valence-corrected chi connectivity index (χ3v) is 4.66. The fraction of sp³-hybridized carbons (Fsp3) is 0.381. The van der Waals surface area contributed by atoms with E-state index in [0.29, 0.717) is 23.4 Å². The Morgan fingerprint density at radius 1 is 1.11 bits per heavy atom. The molecule has 1 atom stereocenters. The van der Waals surface area contributed by atoms with Crippen molar-refractivity contribution in [3.05, 3.63) is 59.4 Å². The van der Waals surface area contributed by atoms with E-state index in [2.05, 4.69) is 34.7 Å². The third kappa shape index (κ3) is 4.86. The van der Waals surface area contributed by atoms with Gasteiger partial charge in [0.2, 0.25) is 0 Å². The smallest absolute Gasteiger partial charge is 0.194 e. The number of methoxy groups -OCH3 is 1. The molecule has 1 aromatic heterocycles. The summed E-state index contributed by atoms with van der Waals surface area (Å²) in [6, 6.07) is 14.4. The van der Waals surface area contributed by atoms with Crippen molar-refractivity contribution in [3.63, 3.8) is 0 Å². The summed E-state index contributed by atoms with van der Waals surface area (Å²) >= 11 is 0. The van der Waals surface area contributed by atoms with Gasteiger partial charge < -0.3 is 14.8 Å². The molecule has 7 nitrogen and oxygen atoms in total. The summed E-state index contributed by atoms with van der Waals surface area (Å²) in [5.74, 6) is 1.97. The van der Waals surface area contributed by atoms with Gasteiger partial charge in [-0.15, -0.1) is 5.10 Å². The quantitative estimate of drug-likeness (QED) is 0.612. The van der Waals surface area contributed by atoms with E-state index in [9.17, 15) is 0 Å². The Hall–Kier alpha value is -2.93. The molecule has 0 saturated carbocycles. The molecule has 0 radical (unpaired) electrons. The minimum Gasteiger partial charge on any atom is -0.493 e. The Morgan fingerprint density at radius 2 is 1.89 bits per heavy atom. The normalized spacial score (nSPS) is 12.0. The van der Waals surface area contributed by atoms with Gasteiger partial charge in [0, 0.05) is 12.6 Å². The van der Waals surface area contributed by atoms with Crippen molar-refractivity contribution in [2.75, 3.05) is 7.11 Å². The molecule has 3 rings (SSSR count). The minimum absolute atomic E-state index is 0.238.